The zero-order valence-corrected chi connectivity index (χ0v) is 15.5. The van der Waals surface area contributed by atoms with Gasteiger partial charge >= 0.3 is 0 Å². The maximum atomic E-state index is 10.4. The van der Waals surface area contributed by atoms with Crippen LogP contribution in [0.1, 0.15) is 12.8 Å². The molecule has 28 heavy (non-hydrogen) atoms. The van der Waals surface area contributed by atoms with Crippen LogP contribution in [0.5, 0.6) is 11.6 Å². The highest BCUT2D eigenvalue weighted by Gasteiger charge is 2.35. The maximum Gasteiger partial charge on any atom is 0.233 e. The molecule has 142 valence electrons. The molecular weight excluding hydrogens is 354 g/mol. The molecule has 2 aliphatic rings. The van der Waals surface area contributed by atoms with E-state index in [-0.39, 0.29) is 11.9 Å². The summed E-state index contributed by atoms with van der Waals surface area (Å²) in [6.07, 6.45) is 11.8. The second-order valence-corrected chi connectivity index (χ2v) is 7.32. The fourth-order valence-electron chi connectivity index (χ4n) is 4.00. The second kappa shape index (κ2) is 6.76. The van der Waals surface area contributed by atoms with Gasteiger partial charge in [0.15, 0.2) is 0 Å². The zero-order chi connectivity index (χ0) is 19.1. The first-order valence-corrected chi connectivity index (χ1v) is 9.40. The van der Waals surface area contributed by atoms with Gasteiger partial charge in [-0.1, -0.05) is 12.2 Å². The number of hydrogen-bond acceptors (Lipinski definition) is 6. The molecule has 2 aromatic heterocycles. The number of aromatic hydroxyl groups is 1. The highest BCUT2D eigenvalue weighted by atomic mass is 16.5. The van der Waals surface area contributed by atoms with E-state index in [1.807, 2.05) is 35.0 Å². The normalized spacial score (nSPS) is 23.8. The van der Waals surface area contributed by atoms with Gasteiger partial charge in [-0.15, -0.1) is 10.2 Å². The Morgan fingerprint density at radius 2 is 1.89 bits per heavy atom. The van der Waals surface area contributed by atoms with Crippen LogP contribution in [-0.2, 0) is 0 Å². The van der Waals surface area contributed by atoms with Crippen molar-refractivity contribution in [1.29, 1.82) is 0 Å². The minimum atomic E-state index is 0.143. The van der Waals surface area contributed by atoms with Gasteiger partial charge in [-0.2, -0.15) is 0 Å². The Hall–Kier alpha value is -3.19. The number of nitrogens with zero attached hydrogens (tertiary/aromatic N) is 5. The molecule has 4 heterocycles. The molecule has 1 saturated heterocycles. The van der Waals surface area contributed by atoms with Gasteiger partial charge in [0.2, 0.25) is 5.88 Å². The fourth-order valence-corrected chi connectivity index (χ4v) is 4.00. The molecule has 0 aliphatic carbocycles. The molecule has 2 aliphatic heterocycles. The van der Waals surface area contributed by atoms with Crippen LogP contribution in [0.25, 0.3) is 16.9 Å². The number of benzene rings is 1. The van der Waals surface area contributed by atoms with Gasteiger partial charge in [-0.3, -0.25) is 4.90 Å². The van der Waals surface area contributed by atoms with Crippen LogP contribution in [0.2, 0.25) is 0 Å². The molecule has 7 nitrogen and oxygen atoms in total. The van der Waals surface area contributed by atoms with Gasteiger partial charge in [-0.05, 0) is 25.2 Å². The van der Waals surface area contributed by atoms with Crippen molar-refractivity contribution < 1.29 is 9.84 Å². The summed E-state index contributed by atoms with van der Waals surface area (Å²) in [5.74, 6) is 0.666. The summed E-state index contributed by atoms with van der Waals surface area (Å²) in [7, 11) is 2.16. The molecular formula is C21H21N5O2. The van der Waals surface area contributed by atoms with E-state index in [9.17, 15) is 5.11 Å². The average Bonchev–Trinajstić information content (AvgIpc) is 3.29. The number of likely N-dealkylation sites (N-methyl/N-ethyl adjacent to an activating group) is 1. The SMILES string of the molecule is CN1C2C=CC1CC(Oc1ccc(-c3ccc(-n4ccnc4)cc3O)nn1)C2. The molecule has 0 radical (unpaired) electrons. The van der Waals surface area contributed by atoms with Crippen molar-refractivity contribution in [1.82, 2.24) is 24.6 Å². The number of imidazole rings is 1. The van der Waals surface area contributed by atoms with Gasteiger partial charge in [0.25, 0.3) is 0 Å². The Bertz CT molecular complexity index is 984. The fraction of sp³-hybridized carbons (Fsp3) is 0.286. The number of rotatable bonds is 4. The average molecular weight is 375 g/mol. The molecule has 0 amide bonds. The first-order valence-electron chi connectivity index (χ1n) is 9.40. The molecule has 2 bridgehead atoms. The lowest BCUT2D eigenvalue weighted by molar-refractivity contribution is 0.0713. The summed E-state index contributed by atoms with van der Waals surface area (Å²) in [6, 6.07) is 9.96. The van der Waals surface area contributed by atoms with Gasteiger partial charge < -0.3 is 14.4 Å². The summed E-state index contributed by atoms with van der Waals surface area (Å²) in [5.41, 5.74) is 2.06. The van der Waals surface area contributed by atoms with Crippen molar-refractivity contribution in [3.63, 3.8) is 0 Å². The zero-order valence-electron chi connectivity index (χ0n) is 15.5. The Morgan fingerprint density at radius 3 is 2.54 bits per heavy atom. The van der Waals surface area contributed by atoms with Crippen molar-refractivity contribution >= 4 is 0 Å². The molecule has 7 heteroatoms. The predicted molar refractivity (Wildman–Crippen MR) is 104 cm³/mol. The summed E-state index contributed by atoms with van der Waals surface area (Å²) in [5, 5.41) is 18.9. The lowest BCUT2D eigenvalue weighted by Gasteiger charge is -2.36. The Morgan fingerprint density at radius 1 is 1.07 bits per heavy atom. The summed E-state index contributed by atoms with van der Waals surface area (Å²) < 4.78 is 7.89. The van der Waals surface area contributed by atoms with Gasteiger partial charge in [-0.25, -0.2) is 4.98 Å². The molecule has 2 atom stereocenters. The Labute approximate surface area is 162 Å². The lowest BCUT2D eigenvalue weighted by atomic mass is 9.99. The van der Waals surface area contributed by atoms with Crippen LogP contribution < -0.4 is 4.74 Å². The molecule has 5 rings (SSSR count). The molecule has 1 N–H and O–H groups in total. The summed E-state index contributed by atoms with van der Waals surface area (Å²) >= 11 is 0. The van der Waals surface area contributed by atoms with E-state index in [0.717, 1.165) is 18.5 Å². The van der Waals surface area contributed by atoms with Crippen molar-refractivity contribution in [2.24, 2.45) is 0 Å². The highest BCUT2D eigenvalue weighted by molar-refractivity contribution is 5.68. The number of ether oxygens (including phenoxy) is 1. The standard InChI is InChI=1S/C21H21N5O2/c1-25-14-2-3-15(25)11-17(10-14)28-21-7-6-19(23-24-21)18-5-4-16(12-20(18)27)26-9-8-22-13-26/h2-9,12-15,17,27H,10-11H2,1H3. The quantitative estimate of drug-likeness (QED) is 0.707. The van der Waals surface area contributed by atoms with E-state index >= 15 is 0 Å². The van der Waals surface area contributed by atoms with E-state index in [1.165, 1.54) is 0 Å². The van der Waals surface area contributed by atoms with Crippen LogP contribution in [0, 0.1) is 0 Å². The Kier molecular flexibility index (Phi) is 4.09. The molecule has 3 aromatic rings. The van der Waals surface area contributed by atoms with Crippen LogP contribution in [0.15, 0.2) is 61.2 Å². The number of hydrogen-bond donors (Lipinski definition) is 1. The first kappa shape index (κ1) is 16.9. The van der Waals surface area contributed by atoms with Crippen molar-refractivity contribution in [3.8, 4) is 28.6 Å². The Balaban J connectivity index is 1.30. The van der Waals surface area contributed by atoms with E-state index < -0.39 is 0 Å². The second-order valence-electron chi connectivity index (χ2n) is 7.32. The third kappa shape index (κ3) is 3.03. The monoisotopic (exact) mass is 375 g/mol. The number of fused-ring (bicyclic) bond motifs is 2. The minimum Gasteiger partial charge on any atom is -0.507 e. The molecule has 0 saturated carbocycles. The van der Waals surface area contributed by atoms with Gasteiger partial charge in [0.1, 0.15) is 11.9 Å². The number of aromatic nitrogens is 4. The predicted octanol–water partition coefficient (Wildman–Crippen LogP) is 2.81. The lowest BCUT2D eigenvalue weighted by Crippen LogP contribution is -2.44. The molecule has 1 aromatic carbocycles. The van der Waals surface area contributed by atoms with E-state index in [0.29, 0.717) is 29.2 Å². The summed E-state index contributed by atoms with van der Waals surface area (Å²) in [6.45, 7) is 0. The molecule has 1 fully saturated rings. The van der Waals surface area contributed by atoms with Crippen molar-refractivity contribution in [2.45, 2.75) is 31.0 Å². The van der Waals surface area contributed by atoms with Gasteiger partial charge in [0, 0.05) is 55.0 Å². The third-order valence-corrected chi connectivity index (χ3v) is 5.60. The van der Waals surface area contributed by atoms with Crippen molar-refractivity contribution in [2.75, 3.05) is 7.05 Å². The van der Waals surface area contributed by atoms with Crippen LogP contribution in [0.4, 0.5) is 0 Å². The van der Waals surface area contributed by atoms with Crippen LogP contribution in [-0.4, -0.2) is 55.0 Å². The maximum absolute atomic E-state index is 10.4. The number of piperidine rings is 1. The molecule has 2 unspecified atom stereocenters. The van der Waals surface area contributed by atoms with Gasteiger partial charge in [0.05, 0.1) is 17.7 Å². The minimum absolute atomic E-state index is 0.143. The third-order valence-electron chi connectivity index (χ3n) is 5.60. The topological polar surface area (TPSA) is 76.3 Å². The number of phenolic OH excluding ortho intramolecular Hbond substituents is 1. The van der Waals surface area contributed by atoms with Crippen molar-refractivity contribution in [3.05, 3.63) is 61.2 Å². The largest absolute Gasteiger partial charge is 0.507 e. The van der Waals surface area contributed by atoms with Crippen LogP contribution in [0.3, 0.4) is 0 Å². The number of phenols is 1. The highest BCUT2D eigenvalue weighted by Crippen LogP contribution is 2.32. The van der Waals surface area contributed by atoms with Crippen LogP contribution >= 0.6 is 0 Å². The van der Waals surface area contributed by atoms with E-state index in [1.54, 1.807) is 18.6 Å². The summed E-state index contributed by atoms with van der Waals surface area (Å²) in [4.78, 5) is 6.40. The smallest absolute Gasteiger partial charge is 0.233 e. The van der Waals surface area contributed by atoms with E-state index in [4.69, 9.17) is 4.74 Å². The first-order chi connectivity index (χ1) is 13.7. The van der Waals surface area contributed by atoms with E-state index in [2.05, 4.69) is 39.3 Å². The molecule has 0 spiro atoms.